The highest BCUT2D eigenvalue weighted by atomic mass is 19.2. The molecule has 2 rings (SSSR count). The summed E-state index contributed by atoms with van der Waals surface area (Å²) in [4.78, 5) is 0. The Bertz CT molecular complexity index is 554. The minimum atomic E-state index is -1.93. The summed E-state index contributed by atoms with van der Waals surface area (Å²) in [6, 6.07) is 0. The summed E-state index contributed by atoms with van der Waals surface area (Å²) >= 11 is 0. The molecule has 0 spiro atoms. The third-order valence-electron chi connectivity index (χ3n) is 2.04. The highest BCUT2D eigenvalue weighted by Crippen LogP contribution is 2.24. The molecule has 0 saturated heterocycles. The van der Waals surface area contributed by atoms with Gasteiger partial charge in [-0.25, -0.2) is 22.2 Å². The van der Waals surface area contributed by atoms with Crippen molar-refractivity contribution in [3.63, 3.8) is 0 Å². The summed E-state index contributed by atoms with van der Waals surface area (Å²) in [6.45, 7) is -0.615. The van der Waals surface area contributed by atoms with Crippen LogP contribution in [0.1, 0.15) is 0 Å². The first-order chi connectivity index (χ1) is 7.57. The van der Waals surface area contributed by atoms with Crippen LogP contribution in [-0.2, 0) is 6.54 Å². The van der Waals surface area contributed by atoms with Crippen LogP contribution in [0, 0.1) is 23.3 Å². The predicted octanol–water partition coefficient (Wildman–Crippen LogP) is 0.980. The Hall–Kier alpha value is -1.70. The fourth-order valence-electron chi connectivity index (χ4n) is 1.33. The molecule has 4 nitrogen and oxygen atoms in total. The quantitative estimate of drug-likeness (QED) is 0.479. The number of aliphatic hydroxyl groups excluding tert-OH is 1. The SMILES string of the molecule is OCCn1nnc2c(F)c(F)c(F)c(F)c21. The zero-order chi connectivity index (χ0) is 11.9. The van der Waals surface area contributed by atoms with Crippen LogP contribution in [0.4, 0.5) is 17.6 Å². The van der Waals surface area contributed by atoms with Gasteiger partial charge in [0.05, 0.1) is 13.2 Å². The van der Waals surface area contributed by atoms with E-state index >= 15 is 0 Å². The lowest BCUT2D eigenvalue weighted by molar-refractivity contribution is 0.269. The summed E-state index contributed by atoms with van der Waals surface area (Å²) < 4.78 is 52.9. The van der Waals surface area contributed by atoms with Crippen molar-refractivity contribution >= 4 is 11.0 Å². The Labute approximate surface area is 86.1 Å². The van der Waals surface area contributed by atoms with Gasteiger partial charge in [-0.3, -0.25) is 0 Å². The van der Waals surface area contributed by atoms with Crippen LogP contribution in [0.25, 0.3) is 11.0 Å². The minimum absolute atomic E-state index is 0.196. The Morgan fingerprint density at radius 3 is 2.25 bits per heavy atom. The number of hydrogen-bond donors (Lipinski definition) is 1. The first-order valence-corrected chi connectivity index (χ1v) is 4.24. The number of halogens is 4. The number of nitrogens with zero attached hydrogens (tertiary/aromatic N) is 3. The molecule has 0 bridgehead atoms. The Balaban J connectivity index is 2.83. The van der Waals surface area contributed by atoms with E-state index in [0.717, 1.165) is 4.68 Å². The van der Waals surface area contributed by atoms with Gasteiger partial charge in [0, 0.05) is 0 Å². The minimum Gasteiger partial charge on any atom is -0.394 e. The van der Waals surface area contributed by atoms with E-state index in [1.807, 2.05) is 0 Å². The summed E-state index contributed by atoms with van der Waals surface area (Å²) in [6.07, 6.45) is 0. The molecule has 8 heteroatoms. The van der Waals surface area contributed by atoms with E-state index in [-0.39, 0.29) is 6.54 Å². The van der Waals surface area contributed by atoms with Gasteiger partial charge < -0.3 is 5.11 Å². The van der Waals surface area contributed by atoms with Gasteiger partial charge in [0.15, 0.2) is 28.8 Å². The smallest absolute Gasteiger partial charge is 0.199 e. The maximum Gasteiger partial charge on any atom is 0.199 e. The van der Waals surface area contributed by atoms with Crippen molar-refractivity contribution in [2.75, 3.05) is 6.61 Å². The molecule has 1 aromatic carbocycles. The largest absolute Gasteiger partial charge is 0.394 e. The molecular formula is C8H5F4N3O. The van der Waals surface area contributed by atoms with Gasteiger partial charge in [-0.2, -0.15) is 0 Å². The summed E-state index contributed by atoms with van der Waals surface area (Å²) in [5, 5.41) is 15.1. The highest BCUT2D eigenvalue weighted by Gasteiger charge is 2.24. The number of fused-ring (bicyclic) bond motifs is 1. The van der Waals surface area contributed by atoms with E-state index < -0.39 is 40.9 Å². The molecule has 0 aliphatic carbocycles. The first kappa shape index (κ1) is 10.8. The summed E-state index contributed by atoms with van der Waals surface area (Å²) in [5.41, 5.74) is -1.31. The molecule has 0 aliphatic rings. The molecule has 1 heterocycles. The van der Waals surface area contributed by atoms with Crippen LogP contribution in [-0.4, -0.2) is 26.7 Å². The van der Waals surface area contributed by atoms with Gasteiger partial charge in [0.25, 0.3) is 0 Å². The number of benzene rings is 1. The van der Waals surface area contributed by atoms with Gasteiger partial charge in [0.2, 0.25) is 0 Å². The number of hydrogen-bond acceptors (Lipinski definition) is 3. The molecule has 0 atom stereocenters. The van der Waals surface area contributed by atoms with Crippen molar-refractivity contribution < 1.29 is 22.7 Å². The normalized spacial score (nSPS) is 11.3. The van der Waals surface area contributed by atoms with Crippen molar-refractivity contribution in [1.82, 2.24) is 15.0 Å². The van der Waals surface area contributed by atoms with Gasteiger partial charge in [0.1, 0.15) is 5.52 Å². The number of aromatic nitrogens is 3. The molecule has 86 valence electrons. The molecule has 0 radical (unpaired) electrons. The van der Waals surface area contributed by atoms with Crippen molar-refractivity contribution in [2.24, 2.45) is 0 Å². The van der Waals surface area contributed by atoms with Gasteiger partial charge in [-0.05, 0) is 0 Å². The molecular weight excluding hydrogens is 230 g/mol. The number of rotatable bonds is 2. The third kappa shape index (κ3) is 1.33. The Morgan fingerprint density at radius 1 is 1.00 bits per heavy atom. The fourth-order valence-corrected chi connectivity index (χ4v) is 1.33. The Morgan fingerprint density at radius 2 is 1.62 bits per heavy atom. The lowest BCUT2D eigenvalue weighted by Gasteiger charge is -2.02. The maximum atomic E-state index is 13.3. The van der Waals surface area contributed by atoms with Crippen molar-refractivity contribution in [1.29, 1.82) is 0 Å². The van der Waals surface area contributed by atoms with E-state index in [4.69, 9.17) is 5.11 Å². The molecule has 0 amide bonds. The molecule has 16 heavy (non-hydrogen) atoms. The molecule has 2 aromatic rings. The highest BCUT2D eigenvalue weighted by molar-refractivity contribution is 5.76. The monoisotopic (exact) mass is 235 g/mol. The Kier molecular flexibility index (Phi) is 2.50. The number of aliphatic hydroxyl groups is 1. The fraction of sp³-hybridized carbons (Fsp3) is 0.250. The zero-order valence-corrected chi connectivity index (χ0v) is 7.71. The molecule has 1 aromatic heterocycles. The zero-order valence-electron chi connectivity index (χ0n) is 7.71. The van der Waals surface area contributed by atoms with Gasteiger partial charge in [-0.1, -0.05) is 5.21 Å². The van der Waals surface area contributed by atoms with Crippen molar-refractivity contribution in [3.8, 4) is 0 Å². The van der Waals surface area contributed by atoms with E-state index in [9.17, 15) is 17.6 Å². The molecule has 0 fully saturated rings. The molecule has 0 aliphatic heterocycles. The van der Waals surface area contributed by atoms with E-state index in [1.54, 1.807) is 0 Å². The van der Waals surface area contributed by atoms with Crippen molar-refractivity contribution in [2.45, 2.75) is 6.54 Å². The van der Waals surface area contributed by atoms with Crippen LogP contribution in [0.3, 0.4) is 0 Å². The first-order valence-electron chi connectivity index (χ1n) is 4.24. The molecule has 0 saturated carbocycles. The average molecular weight is 235 g/mol. The topological polar surface area (TPSA) is 50.9 Å². The van der Waals surface area contributed by atoms with Gasteiger partial charge in [-0.15, -0.1) is 5.10 Å². The summed E-state index contributed by atoms with van der Waals surface area (Å²) in [5.74, 6) is -7.03. The van der Waals surface area contributed by atoms with Crippen LogP contribution in [0.15, 0.2) is 0 Å². The van der Waals surface area contributed by atoms with Gasteiger partial charge >= 0.3 is 0 Å². The molecule has 1 N–H and O–H groups in total. The van der Waals surface area contributed by atoms with E-state index in [2.05, 4.69) is 10.3 Å². The third-order valence-corrected chi connectivity index (χ3v) is 2.04. The lowest BCUT2D eigenvalue weighted by atomic mass is 10.2. The summed E-state index contributed by atoms with van der Waals surface area (Å²) in [7, 11) is 0. The predicted molar refractivity (Wildman–Crippen MR) is 44.4 cm³/mol. The second kappa shape index (κ2) is 3.71. The van der Waals surface area contributed by atoms with Crippen molar-refractivity contribution in [3.05, 3.63) is 23.3 Å². The average Bonchev–Trinajstić information content (AvgIpc) is 2.68. The van der Waals surface area contributed by atoms with E-state index in [0.29, 0.717) is 0 Å². The van der Waals surface area contributed by atoms with Crippen LogP contribution in [0.2, 0.25) is 0 Å². The van der Waals surface area contributed by atoms with Crippen LogP contribution in [0.5, 0.6) is 0 Å². The standard InChI is InChI=1S/C8H5F4N3O/c9-3-4(10)6(12)8-7(5(3)11)13-14-15(8)1-2-16/h16H,1-2H2. The van der Waals surface area contributed by atoms with Crippen LogP contribution >= 0.6 is 0 Å². The van der Waals surface area contributed by atoms with E-state index in [1.165, 1.54) is 0 Å². The molecule has 0 unspecified atom stereocenters. The second-order valence-electron chi connectivity index (χ2n) is 2.99. The van der Waals surface area contributed by atoms with Crippen LogP contribution < -0.4 is 0 Å². The second-order valence-corrected chi connectivity index (χ2v) is 2.99. The maximum absolute atomic E-state index is 13.3. The lowest BCUT2D eigenvalue weighted by Crippen LogP contribution is -2.06.